The highest BCUT2D eigenvalue weighted by Gasteiger charge is 2.28. The number of pyridine rings is 1. The van der Waals surface area contributed by atoms with Crippen LogP contribution >= 0.6 is 0 Å². The summed E-state index contributed by atoms with van der Waals surface area (Å²) in [5.74, 6) is -0.104. The number of hydrogen-bond donors (Lipinski definition) is 1. The molecular formula is C16H16N2O3S. The molecule has 3 rings (SSSR count). The van der Waals surface area contributed by atoms with Gasteiger partial charge in [0.05, 0.1) is 17.0 Å². The quantitative estimate of drug-likeness (QED) is 0.872. The lowest BCUT2D eigenvalue weighted by Gasteiger charge is -2.08. The summed E-state index contributed by atoms with van der Waals surface area (Å²) in [5, 5.41) is 3.73. The van der Waals surface area contributed by atoms with Crippen LogP contribution in [0.2, 0.25) is 0 Å². The molecule has 1 atom stereocenters. The van der Waals surface area contributed by atoms with Gasteiger partial charge in [0.15, 0.2) is 9.84 Å². The van der Waals surface area contributed by atoms with E-state index in [0.29, 0.717) is 6.42 Å². The van der Waals surface area contributed by atoms with Crippen molar-refractivity contribution in [3.05, 3.63) is 48.2 Å². The summed E-state index contributed by atoms with van der Waals surface area (Å²) < 4.78 is 22.7. The Labute approximate surface area is 129 Å². The Kier molecular flexibility index (Phi) is 3.94. The van der Waals surface area contributed by atoms with Gasteiger partial charge in [-0.05, 0) is 18.6 Å². The fraction of sp³-hybridized carbons (Fsp3) is 0.250. The minimum atomic E-state index is -2.99. The second-order valence-corrected chi connectivity index (χ2v) is 7.59. The first-order valence-electron chi connectivity index (χ1n) is 7.06. The zero-order chi connectivity index (χ0) is 15.6. The molecule has 1 N–H and O–H groups in total. The molecule has 0 aliphatic carbocycles. The fourth-order valence-electron chi connectivity index (χ4n) is 2.59. The van der Waals surface area contributed by atoms with Crippen LogP contribution < -0.4 is 5.32 Å². The zero-order valence-corrected chi connectivity index (χ0v) is 12.7. The Bertz CT molecular complexity index is 838. The number of nitrogens with one attached hydrogen (secondary N) is 1. The van der Waals surface area contributed by atoms with Crippen LogP contribution in [0.3, 0.4) is 0 Å². The molecule has 1 aromatic heterocycles. The Morgan fingerprint density at radius 1 is 1.27 bits per heavy atom. The van der Waals surface area contributed by atoms with Crippen molar-refractivity contribution >= 4 is 32.7 Å². The number of fused-ring (bicyclic) bond motifs is 1. The number of benzene rings is 1. The van der Waals surface area contributed by atoms with Gasteiger partial charge < -0.3 is 5.32 Å². The van der Waals surface area contributed by atoms with Crippen molar-refractivity contribution in [2.45, 2.75) is 12.5 Å². The van der Waals surface area contributed by atoms with E-state index in [9.17, 15) is 13.2 Å². The van der Waals surface area contributed by atoms with Gasteiger partial charge in [-0.3, -0.25) is 9.78 Å². The number of para-hydroxylation sites is 1. The fourth-order valence-corrected chi connectivity index (χ4v) is 4.26. The SMILES string of the molecule is O=C(/C=C/c1cccc2cccnc12)NC1CCS(=O)(=O)C1. The number of hydrogen-bond acceptors (Lipinski definition) is 4. The molecule has 114 valence electrons. The highest BCUT2D eigenvalue weighted by Crippen LogP contribution is 2.17. The third-order valence-electron chi connectivity index (χ3n) is 3.66. The van der Waals surface area contributed by atoms with Crippen molar-refractivity contribution in [1.29, 1.82) is 0 Å². The van der Waals surface area contributed by atoms with E-state index in [1.807, 2.05) is 30.3 Å². The van der Waals surface area contributed by atoms with Crippen LogP contribution in [0.25, 0.3) is 17.0 Å². The largest absolute Gasteiger partial charge is 0.349 e. The van der Waals surface area contributed by atoms with Crippen molar-refractivity contribution in [3.63, 3.8) is 0 Å². The highest BCUT2D eigenvalue weighted by atomic mass is 32.2. The van der Waals surface area contributed by atoms with Crippen molar-refractivity contribution < 1.29 is 13.2 Å². The second-order valence-electron chi connectivity index (χ2n) is 5.36. The molecular weight excluding hydrogens is 300 g/mol. The first kappa shape index (κ1) is 14.7. The molecule has 5 nitrogen and oxygen atoms in total. The van der Waals surface area contributed by atoms with Gasteiger partial charge in [-0.2, -0.15) is 0 Å². The molecule has 1 fully saturated rings. The van der Waals surface area contributed by atoms with E-state index in [2.05, 4.69) is 10.3 Å². The molecule has 0 saturated carbocycles. The number of nitrogens with zero attached hydrogens (tertiary/aromatic N) is 1. The number of sulfone groups is 1. The van der Waals surface area contributed by atoms with Crippen molar-refractivity contribution in [3.8, 4) is 0 Å². The van der Waals surface area contributed by atoms with Crippen LogP contribution in [0.4, 0.5) is 0 Å². The summed E-state index contributed by atoms with van der Waals surface area (Å²) >= 11 is 0. The molecule has 22 heavy (non-hydrogen) atoms. The average molecular weight is 316 g/mol. The monoisotopic (exact) mass is 316 g/mol. The van der Waals surface area contributed by atoms with Crippen molar-refractivity contribution in [1.82, 2.24) is 10.3 Å². The zero-order valence-electron chi connectivity index (χ0n) is 11.9. The van der Waals surface area contributed by atoms with Crippen LogP contribution in [-0.4, -0.2) is 36.9 Å². The van der Waals surface area contributed by atoms with Crippen LogP contribution in [0, 0.1) is 0 Å². The van der Waals surface area contributed by atoms with Crippen LogP contribution in [0.15, 0.2) is 42.6 Å². The highest BCUT2D eigenvalue weighted by molar-refractivity contribution is 7.91. The van der Waals surface area contributed by atoms with Gasteiger partial charge in [0.2, 0.25) is 5.91 Å². The van der Waals surface area contributed by atoms with E-state index in [1.165, 1.54) is 6.08 Å². The van der Waals surface area contributed by atoms with Gasteiger partial charge in [0.1, 0.15) is 0 Å². The lowest BCUT2D eigenvalue weighted by Crippen LogP contribution is -2.34. The summed E-state index contributed by atoms with van der Waals surface area (Å²) in [6, 6.07) is 9.30. The first-order valence-corrected chi connectivity index (χ1v) is 8.88. The lowest BCUT2D eigenvalue weighted by molar-refractivity contribution is -0.116. The van der Waals surface area contributed by atoms with E-state index in [4.69, 9.17) is 0 Å². The normalized spacial score (nSPS) is 20.5. The van der Waals surface area contributed by atoms with Crippen LogP contribution in [-0.2, 0) is 14.6 Å². The van der Waals surface area contributed by atoms with Crippen molar-refractivity contribution in [2.75, 3.05) is 11.5 Å². The number of rotatable bonds is 3. The molecule has 1 saturated heterocycles. The van der Waals surface area contributed by atoms with E-state index in [1.54, 1.807) is 12.3 Å². The summed E-state index contributed by atoms with van der Waals surface area (Å²) in [7, 11) is -2.99. The molecule has 2 heterocycles. The Morgan fingerprint density at radius 2 is 2.09 bits per heavy atom. The van der Waals surface area contributed by atoms with Gasteiger partial charge in [0.25, 0.3) is 0 Å². The molecule has 0 spiro atoms. The summed E-state index contributed by atoms with van der Waals surface area (Å²) in [4.78, 5) is 16.2. The molecule has 1 aliphatic heterocycles. The molecule has 1 amide bonds. The number of aromatic nitrogens is 1. The Balaban J connectivity index is 1.72. The summed E-state index contributed by atoms with van der Waals surface area (Å²) in [6.07, 6.45) is 5.32. The van der Waals surface area contributed by atoms with Gasteiger partial charge in [-0.25, -0.2) is 8.42 Å². The van der Waals surface area contributed by atoms with Gasteiger partial charge in [0, 0.05) is 29.3 Å². The van der Waals surface area contributed by atoms with Crippen LogP contribution in [0.5, 0.6) is 0 Å². The minimum Gasteiger partial charge on any atom is -0.349 e. The van der Waals surface area contributed by atoms with E-state index in [0.717, 1.165) is 16.5 Å². The molecule has 0 radical (unpaired) electrons. The smallest absolute Gasteiger partial charge is 0.244 e. The number of carbonyl (C=O) groups is 1. The average Bonchev–Trinajstić information content (AvgIpc) is 2.84. The van der Waals surface area contributed by atoms with Gasteiger partial charge in [-0.15, -0.1) is 0 Å². The predicted molar refractivity (Wildman–Crippen MR) is 86.0 cm³/mol. The maximum atomic E-state index is 11.9. The van der Waals surface area contributed by atoms with Gasteiger partial charge >= 0.3 is 0 Å². The topological polar surface area (TPSA) is 76.1 Å². The number of amides is 1. The van der Waals surface area contributed by atoms with E-state index >= 15 is 0 Å². The lowest BCUT2D eigenvalue weighted by atomic mass is 10.1. The molecule has 1 unspecified atom stereocenters. The molecule has 2 aromatic rings. The Morgan fingerprint density at radius 3 is 2.86 bits per heavy atom. The first-order chi connectivity index (χ1) is 10.5. The molecule has 1 aromatic carbocycles. The number of carbonyl (C=O) groups excluding carboxylic acids is 1. The maximum absolute atomic E-state index is 11.9. The van der Waals surface area contributed by atoms with E-state index in [-0.39, 0.29) is 23.5 Å². The third kappa shape index (κ3) is 3.33. The Hall–Kier alpha value is -2.21. The molecule has 6 heteroatoms. The molecule has 1 aliphatic rings. The van der Waals surface area contributed by atoms with Gasteiger partial charge in [-0.1, -0.05) is 24.3 Å². The summed E-state index contributed by atoms with van der Waals surface area (Å²) in [6.45, 7) is 0. The predicted octanol–water partition coefficient (Wildman–Crippen LogP) is 1.55. The molecule has 0 bridgehead atoms. The van der Waals surface area contributed by atoms with E-state index < -0.39 is 9.84 Å². The standard InChI is InChI=1S/C16H16N2O3S/c19-15(18-14-8-10-22(20,21)11-14)7-6-13-4-1-3-12-5-2-9-17-16(12)13/h1-7,9,14H,8,10-11H2,(H,18,19)/b7-6+. The third-order valence-corrected chi connectivity index (χ3v) is 5.42. The maximum Gasteiger partial charge on any atom is 0.244 e. The van der Waals surface area contributed by atoms with Crippen molar-refractivity contribution in [2.24, 2.45) is 0 Å². The summed E-state index contributed by atoms with van der Waals surface area (Å²) in [5.41, 5.74) is 1.68. The second kappa shape index (κ2) is 5.88. The minimum absolute atomic E-state index is 0.0302. The van der Waals surface area contributed by atoms with Crippen LogP contribution in [0.1, 0.15) is 12.0 Å².